The first-order valence-corrected chi connectivity index (χ1v) is 6.91. The van der Waals surface area contributed by atoms with Crippen LogP contribution >= 0.6 is 0 Å². The summed E-state index contributed by atoms with van der Waals surface area (Å²) in [7, 11) is 1.61. The molecule has 2 N–H and O–H groups in total. The zero-order valence-corrected chi connectivity index (χ0v) is 12.0. The molecule has 0 saturated carbocycles. The molecule has 0 aromatic carbocycles. The van der Waals surface area contributed by atoms with E-state index in [-0.39, 0.29) is 6.10 Å². The topological polar surface area (TPSA) is 77.5 Å². The van der Waals surface area contributed by atoms with Gasteiger partial charge in [-0.25, -0.2) is 9.97 Å². The maximum Gasteiger partial charge on any atom is 0.204 e. The van der Waals surface area contributed by atoms with E-state index < -0.39 is 0 Å². The van der Waals surface area contributed by atoms with Gasteiger partial charge >= 0.3 is 0 Å². The van der Waals surface area contributed by atoms with Crippen molar-refractivity contribution in [3.05, 3.63) is 6.33 Å². The molecule has 0 bridgehead atoms. The van der Waals surface area contributed by atoms with E-state index in [2.05, 4.69) is 27.5 Å². The molecule has 1 fully saturated rings. The van der Waals surface area contributed by atoms with E-state index in [4.69, 9.17) is 14.2 Å². The average Bonchev–Trinajstić information content (AvgIpc) is 2.51. The lowest BCUT2D eigenvalue weighted by Crippen LogP contribution is -2.34. The van der Waals surface area contributed by atoms with E-state index >= 15 is 0 Å². The Morgan fingerprint density at radius 3 is 2.75 bits per heavy atom. The smallest absolute Gasteiger partial charge is 0.204 e. The molecule has 1 atom stereocenters. The van der Waals surface area contributed by atoms with Crippen molar-refractivity contribution in [2.45, 2.75) is 19.4 Å². The molecule has 0 spiro atoms. The highest BCUT2D eigenvalue weighted by molar-refractivity contribution is 5.63. The zero-order chi connectivity index (χ0) is 14.2. The second-order valence-corrected chi connectivity index (χ2v) is 4.48. The minimum absolute atomic E-state index is 0.0375. The van der Waals surface area contributed by atoms with Gasteiger partial charge in [-0.2, -0.15) is 0 Å². The molecule has 1 saturated heterocycles. The molecule has 7 nitrogen and oxygen atoms in total. The molecule has 2 rings (SSSR count). The van der Waals surface area contributed by atoms with Crippen LogP contribution in [0.4, 0.5) is 11.6 Å². The number of aromatic nitrogens is 2. The second-order valence-electron chi connectivity index (χ2n) is 4.48. The number of hydrogen-bond donors (Lipinski definition) is 2. The fourth-order valence-corrected chi connectivity index (χ4v) is 1.93. The molecule has 1 aliphatic rings. The molecule has 1 aliphatic heterocycles. The number of rotatable bonds is 7. The van der Waals surface area contributed by atoms with Gasteiger partial charge in [0.25, 0.3) is 0 Å². The molecule has 112 valence electrons. The molecular weight excluding hydrogens is 260 g/mol. The van der Waals surface area contributed by atoms with Gasteiger partial charge in [0.1, 0.15) is 6.33 Å². The molecule has 7 heteroatoms. The molecule has 1 unspecified atom stereocenters. The summed E-state index contributed by atoms with van der Waals surface area (Å²) in [6, 6.07) is 0. The van der Waals surface area contributed by atoms with Crippen LogP contribution in [0.2, 0.25) is 0 Å². The molecule has 20 heavy (non-hydrogen) atoms. The largest absolute Gasteiger partial charge is 0.490 e. The van der Waals surface area contributed by atoms with Crippen molar-refractivity contribution < 1.29 is 14.2 Å². The van der Waals surface area contributed by atoms with Gasteiger partial charge in [0.2, 0.25) is 5.75 Å². The Balaban J connectivity index is 1.98. The Morgan fingerprint density at radius 1 is 1.30 bits per heavy atom. The van der Waals surface area contributed by atoms with E-state index in [1.807, 2.05) is 0 Å². The fourth-order valence-electron chi connectivity index (χ4n) is 1.93. The predicted molar refractivity (Wildman–Crippen MR) is 76.4 cm³/mol. The normalized spacial score (nSPS) is 18.6. The van der Waals surface area contributed by atoms with E-state index in [1.165, 1.54) is 6.33 Å². The Hall–Kier alpha value is -1.60. The van der Waals surface area contributed by atoms with E-state index in [0.717, 1.165) is 13.0 Å². The summed E-state index contributed by atoms with van der Waals surface area (Å²) in [5.74, 6) is 1.99. The summed E-state index contributed by atoms with van der Waals surface area (Å²) in [4.78, 5) is 8.42. The highest BCUT2D eigenvalue weighted by Gasteiger charge is 2.17. The van der Waals surface area contributed by atoms with Crippen molar-refractivity contribution >= 4 is 11.6 Å². The Morgan fingerprint density at radius 2 is 2.10 bits per heavy atom. The maximum absolute atomic E-state index is 5.58. The quantitative estimate of drug-likeness (QED) is 0.776. The summed E-state index contributed by atoms with van der Waals surface area (Å²) in [6.07, 6.45) is 2.57. The first-order valence-electron chi connectivity index (χ1n) is 6.91. The highest BCUT2D eigenvalue weighted by atomic mass is 16.6. The number of methoxy groups -OCH3 is 1. The number of nitrogens with zero attached hydrogens (tertiary/aromatic N) is 2. The third-order valence-electron chi connectivity index (χ3n) is 2.93. The highest BCUT2D eigenvalue weighted by Crippen LogP contribution is 2.28. The standard InChI is InChI=1S/C13H22N4O3/c1-3-4-14-12-11(18-2)13(17-9-16-12)15-7-10-8-19-5-6-20-10/h9-10H,3-8H2,1-2H3,(H2,14,15,16,17). The average molecular weight is 282 g/mol. The van der Waals surface area contributed by atoms with Crippen molar-refractivity contribution in [3.63, 3.8) is 0 Å². The minimum atomic E-state index is 0.0375. The molecule has 0 radical (unpaired) electrons. The van der Waals surface area contributed by atoms with Crippen LogP contribution < -0.4 is 15.4 Å². The van der Waals surface area contributed by atoms with E-state index in [9.17, 15) is 0 Å². The van der Waals surface area contributed by atoms with Crippen molar-refractivity contribution in [1.82, 2.24) is 9.97 Å². The Labute approximate surface area is 119 Å². The van der Waals surface area contributed by atoms with Crippen molar-refractivity contribution in [1.29, 1.82) is 0 Å². The lowest BCUT2D eigenvalue weighted by Gasteiger charge is -2.23. The van der Waals surface area contributed by atoms with E-state index in [0.29, 0.717) is 43.8 Å². The number of anilines is 2. The fraction of sp³-hybridized carbons (Fsp3) is 0.692. The Kier molecular flexibility index (Phi) is 5.82. The summed E-state index contributed by atoms with van der Waals surface area (Å²) in [5.41, 5.74) is 0. The van der Waals surface area contributed by atoms with Gasteiger partial charge in [-0.3, -0.25) is 0 Å². The lowest BCUT2D eigenvalue weighted by molar-refractivity contribution is -0.0819. The van der Waals surface area contributed by atoms with Crippen LogP contribution in [0.15, 0.2) is 6.33 Å². The van der Waals surface area contributed by atoms with Crippen LogP contribution in [0.1, 0.15) is 13.3 Å². The van der Waals surface area contributed by atoms with Crippen LogP contribution in [-0.2, 0) is 9.47 Å². The van der Waals surface area contributed by atoms with Crippen molar-refractivity contribution in [2.24, 2.45) is 0 Å². The van der Waals surface area contributed by atoms with Crippen molar-refractivity contribution in [2.75, 3.05) is 50.7 Å². The van der Waals surface area contributed by atoms with Gasteiger partial charge in [-0.15, -0.1) is 0 Å². The van der Waals surface area contributed by atoms with Gasteiger partial charge in [-0.1, -0.05) is 6.92 Å². The van der Waals surface area contributed by atoms with Gasteiger partial charge in [0.05, 0.1) is 33.0 Å². The molecule has 2 heterocycles. The SMILES string of the molecule is CCCNc1ncnc(NCC2COCCO2)c1OC. The van der Waals surface area contributed by atoms with Crippen molar-refractivity contribution in [3.8, 4) is 5.75 Å². The summed E-state index contributed by atoms with van der Waals surface area (Å²) in [6.45, 7) is 5.46. The van der Waals surface area contributed by atoms with Crippen LogP contribution in [0.5, 0.6) is 5.75 Å². The molecular formula is C13H22N4O3. The molecule has 0 amide bonds. The predicted octanol–water partition coefficient (Wildman–Crippen LogP) is 1.13. The minimum Gasteiger partial charge on any atom is -0.490 e. The van der Waals surface area contributed by atoms with Gasteiger partial charge in [0, 0.05) is 13.1 Å². The van der Waals surface area contributed by atoms with Crippen LogP contribution in [0.3, 0.4) is 0 Å². The number of ether oxygens (including phenoxy) is 3. The first kappa shape index (κ1) is 14.8. The Bertz CT molecular complexity index is 411. The maximum atomic E-state index is 5.58. The molecule has 0 aliphatic carbocycles. The molecule has 1 aromatic rings. The third kappa shape index (κ3) is 3.94. The summed E-state index contributed by atoms with van der Waals surface area (Å²) in [5, 5.41) is 6.45. The summed E-state index contributed by atoms with van der Waals surface area (Å²) >= 11 is 0. The van der Waals surface area contributed by atoms with Gasteiger partial charge in [-0.05, 0) is 6.42 Å². The first-order chi connectivity index (χ1) is 9.85. The van der Waals surface area contributed by atoms with Crippen LogP contribution in [0.25, 0.3) is 0 Å². The van der Waals surface area contributed by atoms with Crippen LogP contribution in [-0.4, -0.2) is 56.1 Å². The monoisotopic (exact) mass is 282 g/mol. The second kappa shape index (κ2) is 7.86. The number of nitrogens with one attached hydrogen (secondary N) is 2. The van der Waals surface area contributed by atoms with E-state index in [1.54, 1.807) is 7.11 Å². The van der Waals surface area contributed by atoms with Gasteiger partial charge in [0.15, 0.2) is 11.6 Å². The van der Waals surface area contributed by atoms with Crippen LogP contribution in [0, 0.1) is 0 Å². The molecule has 1 aromatic heterocycles. The zero-order valence-electron chi connectivity index (χ0n) is 12.0. The lowest BCUT2D eigenvalue weighted by atomic mass is 10.3. The summed E-state index contributed by atoms with van der Waals surface area (Å²) < 4.78 is 16.3. The number of hydrogen-bond acceptors (Lipinski definition) is 7. The third-order valence-corrected chi connectivity index (χ3v) is 2.93. The van der Waals surface area contributed by atoms with Gasteiger partial charge < -0.3 is 24.8 Å².